The summed E-state index contributed by atoms with van der Waals surface area (Å²) in [6.45, 7) is 10.3. The van der Waals surface area contributed by atoms with Crippen LogP contribution in [0.25, 0.3) is 0 Å². The number of hydrogen-bond acceptors (Lipinski definition) is 5. The van der Waals surface area contributed by atoms with Gasteiger partial charge in [0.2, 0.25) is 0 Å². The van der Waals surface area contributed by atoms with Gasteiger partial charge < -0.3 is 20.4 Å². The zero-order valence-electron chi connectivity index (χ0n) is 16.7. The molecule has 0 aliphatic carbocycles. The van der Waals surface area contributed by atoms with E-state index in [1.54, 1.807) is 58.6 Å². The number of aliphatic hydroxyl groups is 4. The Labute approximate surface area is 173 Å². The van der Waals surface area contributed by atoms with E-state index in [1.165, 1.54) is 0 Å². The van der Waals surface area contributed by atoms with Crippen LogP contribution in [-0.2, 0) is 21.7 Å². The van der Waals surface area contributed by atoms with Gasteiger partial charge in [-0.25, -0.2) is 0 Å². The molecule has 7 heteroatoms. The standard InChI is InChI=1S/C9H12ClNO.3C3H8O.Ti/c1-11(2)9(12)7-3-5-8(10)6-4-7;3*1-3(2)4;/h3-6,9,12H,1-2H3;3*3-4H,1-2H3;. The second-order valence-electron chi connectivity index (χ2n) is 6.17. The van der Waals surface area contributed by atoms with E-state index in [0.717, 1.165) is 5.56 Å². The minimum atomic E-state index is -0.553. The molecule has 1 aromatic carbocycles. The molecule has 4 N–H and O–H groups in total. The molecule has 1 atom stereocenters. The van der Waals surface area contributed by atoms with E-state index >= 15 is 0 Å². The fourth-order valence-electron chi connectivity index (χ4n) is 0.933. The first-order valence-electron chi connectivity index (χ1n) is 7.95. The molecule has 1 unspecified atom stereocenters. The molecule has 0 fully saturated rings. The predicted octanol–water partition coefficient (Wildman–Crippen LogP) is 3.05. The van der Waals surface area contributed by atoms with Crippen molar-refractivity contribution in [2.75, 3.05) is 14.1 Å². The van der Waals surface area contributed by atoms with Crippen molar-refractivity contribution in [2.45, 2.75) is 66.1 Å². The van der Waals surface area contributed by atoms with Crippen LogP contribution < -0.4 is 0 Å². The van der Waals surface area contributed by atoms with Gasteiger partial charge in [-0.15, -0.1) is 0 Å². The zero-order valence-corrected chi connectivity index (χ0v) is 19.1. The van der Waals surface area contributed by atoms with E-state index in [-0.39, 0.29) is 40.0 Å². The molecule has 25 heavy (non-hydrogen) atoms. The number of nitrogens with zero attached hydrogens (tertiary/aromatic N) is 1. The summed E-state index contributed by atoms with van der Waals surface area (Å²) < 4.78 is 0. The van der Waals surface area contributed by atoms with Crippen molar-refractivity contribution in [1.29, 1.82) is 0 Å². The Hall–Kier alpha value is 0.0243. The van der Waals surface area contributed by atoms with Gasteiger partial charge in [-0.1, -0.05) is 23.7 Å². The second-order valence-corrected chi connectivity index (χ2v) is 6.61. The van der Waals surface area contributed by atoms with Crippen molar-refractivity contribution >= 4 is 11.6 Å². The van der Waals surface area contributed by atoms with Crippen molar-refractivity contribution < 1.29 is 42.1 Å². The fraction of sp³-hybridized carbons (Fsp3) is 0.667. The maximum absolute atomic E-state index is 9.57. The maximum Gasteiger partial charge on any atom is 0.133 e. The zero-order chi connectivity index (χ0) is 19.9. The van der Waals surface area contributed by atoms with Crippen molar-refractivity contribution in [2.24, 2.45) is 0 Å². The summed E-state index contributed by atoms with van der Waals surface area (Å²) >= 11 is 5.70. The van der Waals surface area contributed by atoms with Crippen molar-refractivity contribution in [3.05, 3.63) is 34.9 Å². The molecular weight excluding hydrogens is 378 g/mol. The Morgan fingerprint density at radius 1 is 0.720 bits per heavy atom. The smallest absolute Gasteiger partial charge is 0.133 e. The average molecular weight is 414 g/mol. The Balaban J connectivity index is -0.000000142. The van der Waals surface area contributed by atoms with Crippen molar-refractivity contribution in [3.8, 4) is 0 Å². The summed E-state index contributed by atoms with van der Waals surface area (Å²) in [6, 6.07) is 7.16. The molecular formula is C18H36ClNO4Ti. The van der Waals surface area contributed by atoms with Crippen LogP contribution in [0.2, 0.25) is 5.02 Å². The summed E-state index contributed by atoms with van der Waals surface area (Å²) in [7, 11) is 3.64. The Bertz CT molecular complexity index is 351. The van der Waals surface area contributed by atoms with Crippen LogP contribution in [0.5, 0.6) is 0 Å². The molecule has 5 nitrogen and oxygen atoms in total. The average Bonchev–Trinajstić information content (AvgIpc) is 2.36. The molecule has 0 heterocycles. The molecule has 0 bridgehead atoms. The molecule has 0 amide bonds. The molecule has 1 aromatic rings. The van der Waals surface area contributed by atoms with E-state index in [0.29, 0.717) is 5.02 Å². The second kappa shape index (κ2) is 20.3. The molecule has 1 rings (SSSR count). The molecule has 0 radical (unpaired) electrons. The van der Waals surface area contributed by atoms with Gasteiger partial charge in [-0.2, -0.15) is 0 Å². The fourth-order valence-corrected chi connectivity index (χ4v) is 1.06. The van der Waals surface area contributed by atoms with Gasteiger partial charge in [-0.3, -0.25) is 4.90 Å². The van der Waals surface area contributed by atoms with E-state index < -0.39 is 6.23 Å². The van der Waals surface area contributed by atoms with E-state index in [1.807, 2.05) is 26.2 Å². The summed E-state index contributed by atoms with van der Waals surface area (Å²) in [5, 5.41) is 34.4. The number of halogens is 1. The Morgan fingerprint density at radius 2 is 0.960 bits per heavy atom. The first-order valence-corrected chi connectivity index (χ1v) is 8.33. The Kier molecular flexibility index (Phi) is 26.6. The predicted molar refractivity (Wildman–Crippen MR) is 102 cm³/mol. The maximum atomic E-state index is 9.57. The molecule has 0 aromatic heterocycles. The van der Waals surface area contributed by atoms with Gasteiger partial charge >= 0.3 is 0 Å². The van der Waals surface area contributed by atoms with Gasteiger partial charge in [0.1, 0.15) is 6.23 Å². The largest absolute Gasteiger partial charge is 0.394 e. The van der Waals surface area contributed by atoms with Crippen molar-refractivity contribution in [3.63, 3.8) is 0 Å². The number of aliphatic hydroxyl groups excluding tert-OH is 4. The number of benzene rings is 1. The topological polar surface area (TPSA) is 84.2 Å². The van der Waals surface area contributed by atoms with Gasteiger partial charge in [-0.05, 0) is 73.3 Å². The molecule has 148 valence electrons. The van der Waals surface area contributed by atoms with E-state index in [2.05, 4.69) is 0 Å². The van der Waals surface area contributed by atoms with Gasteiger partial charge in [0, 0.05) is 45.1 Å². The summed E-state index contributed by atoms with van der Waals surface area (Å²) in [6.07, 6.45) is -1.05. The summed E-state index contributed by atoms with van der Waals surface area (Å²) in [4.78, 5) is 1.73. The van der Waals surface area contributed by atoms with Crippen LogP contribution in [0.15, 0.2) is 24.3 Å². The molecule has 0 aliphatic rings. The third-order valence-corrected chi connectivity index (χ3v) is 1.91. The Morgan fingerprint density at radius 3 is 1.16 bits per heavy atom. The van der Waals surface area contributed by atoms with Gasteiger partial charge in [0.05, 0.1) is 0 Å². The minimum Gasteiger partial charge on any atom is -0.394 e. The van der Waals surface area contributed by atoms with E-state index in [9.17, 15) is 5.11 Å². The molecule has 0 saturated heterocycles. The number of rotatable bonds is 2. The van der Waals surface area contributed by atoms with Gasteiger partial charge in [0.15, 0.2) is 0 Å². The van der Waals surface area contributed by atoms with Crippen LogP contribution in [-0.4, -0.2) is 57.7 Å². The van der Waals surface area contributed by atoms with Crippen LogP contribution in [0, 0.1) is 0 Å². The SMILES string of the molecule is CC(C)O.CC(C)O.CC(C)O.CN(C)C(O)c1ccc(Cl)cc1.[Ti]. The summed E-state index contributed by atoms with van der Waals surface area (Å²) in [5.74, 6) is 0. The van der Waals surface area contributed by atoms with Crippen molar-refractivity contribution in [1.82, 2.24) is 4.90 Å². The molecule has 0 aliphatic heterocycles. The van der Waals surface area contributed by atoms with Crippen LogP contribution in [0.4, 0.5) is 0 Å². The molecule has 0 spiro atoms. The third kappa shape index (κ3) is 35.9. The van der Waals surface area contributed by atoms with Crippen LogP contribution in [0.1, 0.15) is 53.3 Å². The molecule has 0 saturated carbocycles. The van der Waals surface area contributed by atoms with Crippen LogP contribution >= 0.6 is 11.6 Å². The minimum absolute atomic E-state index is 0. The monoisotopic (exact) mass is 413 g/mol. The summed E-state index contributed by atoms with van der Waals surface area (Å²) in [5.41, 5.74) is 0.851. The normalized spacial score (nSPS) is 10.8. The first-order chi connectivity index (χ1) is 10.8. The first kappa shape index (κ1) is 32.7. The quantitative estimate of drug-likeness (QED) is 0.442. The van der Waals surface area contributed by atoms with E-state index in [4.69, 9.17) is 26.9 Å². The number of hydrogen-bond donors (Lipinski definition) is 4. The van der Waals surface area contributed by atoms with Crippen LogP contribution in [0.3, 0.4) is 0 Å². The van der Waals surface area contributed by atoms with Gasteiger partial charge in [0.25, 0.3) is 0 Å². The third-order valence-electron chi connectivity index (χ3n) is 1.66.